The lowest BCUT2D eigenvalue weighted by Crippen LogP contribution is -2.29. The molecule has 2 bridgehead atoms. The molecule has 2 atom stereocenters. The predicted molar refractivity (Wildman–Crippen MR) is 75.2 cm³/mol. The van der Waals surface area contributed by atoms with Gasteiger partial charge in [-0.25, -0.2) is 0 Å². The van der Waals surface area contributed by atoms with E-state index in [1.807, 2.05) is 0 Å². The number of rotatable bonds is 1. The molecule has 1 aliphatic carbocycles. The van der Waals surface area contributed by atoms with E-state index in [9.17, 15) is 0 Å². The summed E-state index contributed by atoms with van der Waals surface area (Å²) in [5.41, 5.74) is 4.69. The first-order chi connectivity index (χ1) is 8.92. The third kappa shape index (κ3) is 1.66. The van der Waals surface area contributed by atoms with Gasteiger partial charge in [-0.1, -0.05) is 6.07 Å². The zero-order chi connectivity index (χ0) is 11.9. The number of benzene rings is 1. The van der Waals surface area contributed by atoms with Crippen molar-refractivity contribution in [1.82, 2.24) is 5.32 Å². The van der Waals surface area contributed by atoms with Gasteiger partial charge in [-0.05, 0) is 67.8 Å². The van der Waals surface area contributed by atoms with Crippen LogP contribution in [0.15, 0.2) is 18.2 Å². The molecule has 0 aromatic heterocycles. The predicted octanol–water partition coefficient (Wildman–Crippen LogP) is 3.20. The van der Waals surface area contributed by atoms with Gasteiger partial charge in [-0.2, -0.15) is 0 Å². The van der Waals surface area contributed by atoms with Gasteiger partial charge in [0.15, 0.2) is 0 Å². The summed E-state index contributed by atoms with van der Waals surface area (Å²) in [5, 5.41) is 3.68. The fourth-order valence-electron chi connectivity index (χ4n) is 4.02. The lowest BCUT2D eigenvalue weighted by molar-refractivity contribution is 0.409. The molecular weight excluding hydrogens is 220 g/mol. The number of anilines is 1. The van der Waals surface area contributed by atoms with Crippen molar-refractivity contribution in [3.63, 3.8) is 0 Å². The maximum absolute atomic E-state index is 3.68. The normalized spacial score (nSPS) is 30.3. The number of fused-ring (bicyclic) bond motifs is 5. The van der Waals surface area contributed by atoms with Gasteiger partial charge in [0, 0.05) is 24.8 Å². The van der Waals surface area contributed by atoms with Crippen molar-refractivity contribution in [2.75, 3.05) is 24.5 Å². The van der Waals surface area contributed by atoms with Gasteiger partial charge in [0.2, 0.25) is 0 Å². The molecule has 0 saturated carbocycles. The molecule has 1 aromatic rings. The van der Waals surface area contributed by atoms with Gasteiger partial charge in [0.05, 0.1) is 0 Å². The molecule has 18 heavy (non-hydrogen) atoms. The summed E-state index contributed by atoms with van der Waals surface area (Å²) >= 11 is 0. The molecule has 2 saturated heterocycles. The zero-order valence-corrected chi connectivity index (χ0v) is 11.0. The van der Waals surface area contributed by atoms with Crippen molar-refractivity contribution in [3.8, 4) is 0 Å². The van der Waals surface area contributed by atoms with Crippen molar-refractivity contribution >= 4 is 5.69 Å². The molecule has 1 aromatic carbocycles. The monoisotopic (exact) mass is 242 g/mol. The van der Waals surface area contributed by atoms with Crippen LogP contribution < -0.4 is 10.2 Å². The highest BCUT2D eigenvalue weighted by Gasteiger charge is 2.34. The van der Waals surface area contributed by atoms with Crippen LogP contribution in [0.2, 0.25) is 0 Å². The number of hydrogen-bond donors (Lipinski definition) is 1. The first-order valence-electron chi connectivity index (χ1n) is 7.54. The van der Waals surface area contributed by atoms with E-state index < -0.39 is 0 Å². The molecule has 2 heteroatoms. The SMILES string of the molecule is c1cc2c(cc1N1CCCCC1)C1CC2CCN1. The minimum absolute atomic E-state index is 0.642. The Morgan fingerprint density at radius 1 is 1.06 bits per heavy atom. The van der Waals surface area contributed by atoms with E-state index in [0.717, 1.165) is 5.92 Å². The second-order valence-corrected chi connectivity index (χ2v) is 6.09. The van der Waals surface area contributed by atoms with Gasteiger partial charge >= 0.3 is 0 Å². The molecule has 2 nitrogen and oxygen atoms in total. The average Bonchev–Trinajstić information content (AvgIpc) is 2.71. The van der Waals surface area contributed by atoms with E-state index in [1.54, 1.807) is 11.1 Å². The van der Waals surface area contributed by atoms with Gasteiger partial charge in [0.25, 0.3) is 0 Å². The summed E-state index contributed by atoms with van der Waals surface area (Å²) < 4.78 is 0. The largest absolute Gasteiger partial charge is 0.372 e. The Labute approximate surface area is 109 Å². The first-order valence-corrected chi connectivity index (χ1v) is 7.54. The Morgan fingerprint density at radius 3 is 2.83 bits per heavy atom. The second kappa shape index (κ2) is 4.27. The Hall–Kier alpha value is -1.02. The van der Waals surface area contributed by atoms with E-state index in [2.05, 4.69) is 28.4 Å². The van der Waals surface area contributed by atoms with E-state index in [4.69, 9.17) is 0 Å². The Kier molecular flexibility index (Phi) is 2.58. The van der Waals surface area contributed by atoms with Gasteiger partial charge in [-0.3, -0.25) is 0 Å². The fourth-order valence-corrected chi connectivity index (χ4v) is 4.02. The lowest BCUT2D eigenvalue weighted by atomic mass is 9.96. The van der Waals surface area contributed by atoms with E-state index in [0.29, 0.717) is 6.04 Å². The maximum Gasteiger partial charge on any atom is 0.0369 e. The van der Waals surface area contributed by atoms with Crippen LogP contribution in [-0.4, -0.2) is 19.6 Å². The highest BCUT2D eigenvalue weighted by Crippen LogP contribution is 2.45. The van der Waals surface area contributed by atoms with Crippen molar-refractivity contribution < 1.29 is 0 Å². The molecule has 2 heterocycles. The van der Waals surface area contributed by atoms with Crippen LogP contribution in [0.4, 0.5) is 5.69 Å². The minimum atomic E-state index is 0.642. The highest BCUT2D eigenvalue weighted by molar-refractivity contribution is 5.55. The molecule has 96 valence electrons. The minimum Gasteiger partial charge on any atom is -0.372 e. The second-order valence-electron chi connectivity index (χ2n) is 6.09. The molecule has 0 radical (unpaired) electrons. The van der Waals surface area contributed by atoms with E-state index in [-0.39, 0.29) is 0 Å². The van der Waals surface area contributed by atoms with Gasteiger partial charge < -0.3 is 10.2 Å². The van der Waals surface area contributed by atoms with Crippen LogP contribution in [0, 0.1) is 0 Å². The molecule has 4 rings (SSSR count). The lowest BCUT2D eigenvalue weighted by Gasteiger charge is -2.29. The molecule has 0 amide bonds. The molecule has 3 aliphatic rings. The average molecular weight is 242 g/mol. The topological polar surface area (TPSA) is 15.3 Å². The van der Waals surface area contributed by atoms with Crippen LogP contribution in [0.3, 0.4) is 0 Å². The van der Waals surface area contributed by atoms with Crippen LogP contribution >= 0.6 is 0 Å². The first kappa shape index (κ1) is 10.9. The Balaban J connectivity index is 1.67. The van der Waals surface area contributed by atoms with Gasteiger partial charge in [0.1, 0.15) is 0 Å². The smallest absolute Gasteiger partial charge is 0.0369 e. The summed E-state index contributed by atoms with van der Waals surface area (Å²) in [4.78, 5) is 2.58. The Morgan fingerprint density at radius 2 is 1.94 bits per heavy atom. The van der Waals surface area contributed by atoms with Crippen molar-refractivity contribution in [2.45, 2.75) is 44.1 Å². The fraction of sp³-hybridized carbons (Fsp3) is 0.625. The molecular formula is C16H22N2. The van der Waals surface area contributed by atoms with Crippen LogP contribution in [0.1, 0.15) is 55.2 Å². The molecule has 2 fully saturated rings. The molecule has 1 N–H and O–H groups in total. The van der Waals surface area contributed by atoms with Crippen LogP contribution in [0.25, 0.3) is 0 Å². The number of nitrogens with one attached hydrogen (secondary N) is 1. The standard InChI is InChI=1S/C16H22N2/c1-2-8-18(9-3-1)13-4-5-14-12-6-7-17-16(10-12)15(14)11-13/h4-5,11-12,16-17H,1-3,6-10H2. The zero-order valence-electron chi connectivity index (χ0n) is 11.0. The summed E-state index contributed by atoms with van der Waals surface area (Å²) in [6.45, 7) is 3.70. The summed E-state index contributed by atoms with van der Waals surface area (Å²) in [5.74, 6) is 0.835. The summed E-state index contributed by atoms with van der Waals surface area (Å²) in [7, 11) is 0. The summed E-state index contributed by atoms with van der Waals surface area (Å²) in [6.07, 6.45) is 6.79. The van der Waals surface area contributed by atoms with E-state index in [1.165, 1.54) is 57.4 Å². The number of nitrogens with zero attached hydrogens (tertiary/aromatic N) is 1. The van der Waals surface area contributed by atoms with Gasteiger partial charge in [-0.15, -0.1) is 0 Å². The highest BCUT2D eigenvalue weighted by atomic mass is 15.1. The summed E-state index contributed by atoms with van der Waals surface area (Å²) in [6, 6.07) is 7.90. The number of piperidine rings is 2. The molecule has 2 unspecified atom stereocenters. The quantitative estimate of drug-likeness (QED) is 0.813. The third-order valence-electron chi connectivity index (χ3n) is 5.01. The molecule has 0 spiro atoms. The van der Waals surface area contributed by atoms with Crippen molar-refractivity contribution in [2.24, 2.45) is 0 Å². The maximum atomic E-state index is 3.68. The van der Waals surface area contributed by atoms with Crippen LogP contribution in [0.5, 0.6) is 0 Å². The molecule has 2 aliphatic heterocycles. The number of hydrogen-bond acceptors (Lipinski definition) is 2. The van der Waals surface area contributed by atoms with Crippen molar-refractivity contribution in [3.05, 3.63) is 29.3 Å². The Bertz CT molecular complexity index is 448. The van der Waals surface area contributed by atoms with Crippen molar-refractivity contribution in [1.29, 1.82) is 0 Å². The third-order valence-corrected chi connectivity index (χ3v) is 5.01. The van der Waals surface area contributed by atoms with Crippen LogP contribution in [-0.2, 0) is 0 Å². The van der Waals surface area contributed by atoms with E-state index >= 15 is 0 Å².